The molecule has 18 heavy (non-hydrogen) atoms. The molecule has 1 aromatic heterocycles. The highest BCUT2D eigenvalue weighted by atomic mass is 16.6. The molecule has 0 bridgehead atoms. The minimum atomic E-state index is -0.511. The zero-order valence-corrected chi connectivity index (χ0v) is 9.54. The Balaban J connectivity index is 1.94. The van der Waals surface area contributed by atoms with Crippen molar-refractivity contribution in [3.05, 3.63) is 58.0 Å². The third-order valence-electron chi connectivity index (χ3n) is 2.38. The van der Waals surface area contributed by atoms with Gasteiger partial charge in [0.2, 0.25) is 0 Å². The fourth-order valence-corrected chi connectivity index (χ4v) is 1.52. The second-order valence-corrected chi connectivity index (χ2v) is 3.72. The monoisotopic (exact) mass is 248 g/mol. The Hall–Kier alpha value is -2.34. The molecule has 2 rings (SSSR count). The van der Waals surface area contributed by atoms with E-state index in [0.717, 1.165) is 11.3 Å². The molecule has 94 valence electrons. The van der Waals surface area contributed by atoms with E-state index in [-0.39, 0.29) is 11.4 Å². The van der Waals surface area contributed by atoms with E-state index in [0.29, 0.717) is 13.2 Å². The van der Waals surface area contributed by atoms with Crippen LogP contribution in [0.25, 0.3) is 0 Å². The Morgan fingerprint density at radius 1 is 1.33 bits per heavy atom. The van der Waals surface area contributed by atoms with Gasteiger partial charge in [-0.05, 0) is 29.8 Å². The third kappa shape index (κ3) is 2.86. The van der Waals surface area contributed by atoms with Crippen LogP contribution in [0.4, 0.5) is 11.4 Å². The molecule has 0 spiro atoms. The maximum Gasteiger partial charge on any atom is 0.292 e. The van der Waals surface area contributed by atoms with E-state index in [1.165, 1.54) is 6.07 Å². The summed E-state index contributed by atoms with van der Waals surface area (Å²) in [6.07, 6.45) is 1.57. The van der Waals surface area contributed by atoms with Crippen LogP contribution in [-0.2, 0) is 18.0 Å². The van der Waals surface area contributed by atoms with E-state index in [1.54, 1.807) is 24.5 Å². The molecular weight excluding hydrogens is 236 g/mol. The van der Waals surface area contributed by atoms with Crippen molar-refractivity contribution >= 4 is 11.4 Å². The molecule has 0 radical (unpaired) electrons. The normalized spacial score (nSPS) is 10.4. The van der Waals surface area contributed by atoms with Crippen LogP contribution in [0.2, 0.25) is 0 Å². The van der Waals surface area contributed by atoms with Crippen molar-refractivity contribution in [1.29, 1.82) is 0 Å². The molecule has 0 aliphatic carbocycles. The second-order valence-electron chi connectivity index (χ2n) is 3.72. The average molecular weight is 248 g/mol. The number of rotatable bonds is 5. The lowest BCUT2D eigenvalue weighted by Gasteiger charge is -2.04. The molecule has 0 saturated carbocycles. The Bertz CT molecular complexity index is 537. The molecule has 2 N–H and O–H groups in total. The SMILES string of the molecule is Nc1cc(COCc2ccco2)ccc1[N+](=O)[O-]. The van der Waals surface area contributed by atoms with Crippen molar-refractivity contribution in [2.45, 2.75) is 13.2 Å². The zero-order chi connectivity index (χ0) is 13.0. The molecule has 0 aliphatic heterocycles. The summed E-state index contributed by atoms with van der Waals surface area (Å²) in [7, 11) is 0. The number of nitro benzene ring substituents is 1. The molecule has 0 amide bonds. The van der Waals surface area contributed by atoms with Gasteiger partial charge in [0.25, 0.3) is 5.69 Å². The molecule has 0 unspecified atom stereocenters. The second kappa shape index (κ2) is 5.33. The lowest BCUT2D eigenvalue weighted by atomic mass is 10.2. The van der Waals surface area contributed by atoms with Crippen molar-refractivity contribution < 1.29 is 14.1 Å². The topological polar surface area (TPSA) is 91.5 Å². The van der Waals surface area contributed by atoms with Crippen LogP contribution in [-0.4, -0.2) is 4.92 Å². The maximum absolute atomic E-state index is 10.6. The van der Waals surface area contributed by atoms with Gasteiger partial charge in [0.15, 0.2) is 0 Å². The molecule has 0 fully saturated rings. The van der Waals surface area contributed by atoms with Crippen molar-refractivity contribution in [3.63, 3.8) is 0 Å². The number of nitrogens with two attached hydrogens (primary N) is 1. The van der Waals surface area contributed by atoms with Crippen LogP contribution in [0, 0.1) is 10.1 Å². The highest BCUT2D eigenvalue weighted by Gasteiger charge is 2.10. The van der Waals surface area contributed by atoms with Crippen LogP contribution in [0.1, 0.15) is 11.3 Å². The van der Waals surface area contributed by atoms with Crippen LogP contribution in [0.15, 0.2) is 41.0 Å². The number of ether oxygens (including phenoxy) is 1. The van der Waals surface area contributed by atoms with Gasteiger partial charge in [0, 0.05) is 6.07 Å². The smallest absolute Gasteiger partial charge is 0.292 e. The summed E-state index contributed by atoms with van der Waals surface area (Å²) >= 11 is 0. The fraction of sp³-hybridized carbons (Fsp3) is 0.167. The lowest BCUT2D eigenvalue weighted by molar-refractivity contribution is -0.383. The van der Waals surface area contributed by atoms with E-state index >= 15 is 0 Å². The van der Waals surface area contributed by atoms with E-state index in [9.17, 15) is 10.1 Å². The largest absolute Gasteiger partial charge is 0.467 e. The average Bonchev–Trinajstić information content (AvgIpc) is 2.81. The minimum absolute atomic E-state index is 0.0928. The number of nitrogens with zero attached hydrogens (tertiary/aromatic N) is 1. The summed E-state index contributed by atoms with van der Waals surface area (Å²) in [5.74, 6) is 0.727. The van der Waals surface area contributed by atoms with Gasteiger partial charge < -0.3 is 14.9 Å². The van der Waals surface area contributed by atoms with E-state index < -0.39 is 4.92 Å². The van der Waals surface area contributed by atoms with Gasteiger partial charge in [-0.1, -0.05) is 0 Å². The number of nitro groups is 1. The minimum Gasteiger partial charge on any atom is -0.467 e. The summed E-state index contributed by atoms with van der Waals surface area (Å²) in [5.41, 5.74) is 6.40. The summed E-state index contributed by atoms with van der Waals surface area (Å²) in [5, 5.41) is 10.6. The first-order valence-electron chi connectivity index (χ1n) is 5.30. The van der Waals surface area contributed by atoms with E-state index in [2.05, 4.69) is 0 Å². The number of anilines is 1. The standard InChI is InChI=1S/C12H12N2O4/c13-11-6-9(3-4-12(11)14(15)16)7-17-8-10-2-1-5-18-10/h1-6H,7-8,13H2. The van der Waals surface area contributed by atoms with E-state index in [1.807, 2.05) is 6.07 Å². The van der Waals surface area contributed by atoms with Gasteiger partial charge in [0.1, 0.15) is 18.1 Å². The van der Waals surface area contributed by atoms with Crippen LogP contribution in [0.3, 0.4) is 0 Å². The molecule has 1 heterocycles. The predicted molar refractivity (Wildman–Crippen MR) is 64.7 cm³/mol. The van der Waals surface area contributed by atoms with Crippen LogP contribution >= 0.6 is 0 Å². The number of hydrogen-bond acceptors (Lipinski definition) is 5. The molecule has 0 aliphatic rings. The molecular formula is C12H12N2O4. The predicted octanol–water partition coefficient (Wildman–Crippen LogP) is 2.49. The molecule has 0 atom stereocenters. The van der Waals surface area contributed by atoms with Crippen molar-refractivity contribution in [1.82, 2.24) is 0 Å². The Morgan fingerprint density at radius 3 is 2.78 bits per heavy atom. The summed E-state index contributed by atoms with van der Waals surface area (Å²) in [4.78, 5) is 10.1. The number of hydrogen-bond donors (Lipinski definition) is 1. The first-order chi connectivity index (χ1) is 8.66. The zero-order valence-electron chi connectivity index (χ0n) is 9.54. The fourth-order valence-electron chi connectivity index (χ4n) is 1.52. The Kier molecular flexibility index (Phi) is 3.59. The third-order valence-corrected chi connectivity index (χ3v) is 2.38. The Labute approximate surface area is 103 Å². The van der Waals surface area contributed by atoms with Crippen molar-refractivity contribution in [2.75, 3.05) is 5.73 Å². The molecule has 0 saturated heterocycles. The molecule has 2 aromatic rings. The van der Waals surface area contributed by atoms with E-state index in [4.69, 9.17) is 14.9 Å². The molecule has 6 heteroatoms. The summed E-state index contributed by atoms with van der Waals surface area (Å²) < 4.78 is 10.5. The van der Waals surface area contributed by atoms with Crippen LogP contribution < -0.4 is 5.73 Å². The van der Waals surface area contributed by atoms with Gasteiger partial charge in [-0.25, -0.2) is 0 Å². The van der Waals surface area contributed by atoms with Crippen LogP contribution in [0.5, 0.6) is 0 Å². The van der Waals surface area contributed by atoms with Gasteiger partial charge in [-0.15, -0.1) is 0 Å². The van der Waals surface area contributed by atoms with Crippen molar-refractivity contribution in [3.8, 4) is 0 Å². The first-order valence-corrected chi connectivity index (χ1v) is 5.30. The van der Waals surface area contributed by atoms with Crippen molar-refractivity contribution in [2.24, 2.45) is 0 Å². The maximum atomic E-state index is 10.6. The van der Waals surface area contributed by atoms with Gasteiger partial charge >= 0.3 is 0 Å². The van der Waals surface area contributed by atoms with Gasteiger partial charge in [0.05, 0.1) is 17.8 Å². The van der Waals surface area contributed by atoms with Gasteiger partial charge in [-0.3, -0.25) is 10.1 Å². The Morgan fingerprint density at radius 2 is 2.17 bits per heavy atom. The molecule has 1 aromatic carbocycles. The molecule has 6 nitrogen and oxygen atoms in total. The van der Waals surface area contributed by atoms with Gasteiger partial charge in [-0.2, -0.15) is 0 Å². The quantitative estimate of drug-likeness (QED) is 0.498. The number of nitrogen functional groups attached to an aromatic ring is 1. The number of benzene rings is 1. The highest BCUT2D eigenvalue weighted by molar-refractivity contribution is 5.59. The first kappa shape index (κ1) is 12.1. The summed E-state index contributed by atoms with van der Waals surface area (Å²) in [6.45, 7) is 0.673. The summed E-state index contributed by atoms with van der Waals surface area (Å²) in [6, 6.07) is 8.13. The number of furan rings is 1. The highest BCUT2D eigenvalue weighted by Crippen LogP contribution is 2.22. The lowest BCUT2D eigenvalue weighted by Crippen LogP contribution is -1.98.